The van der Waals surface area contributed by atoms with Crippen molar-refractivity contribution in [1.82, 2.24) is 10.2 Å². The van der Waals surface area contributed by atoms with E-state index in [2.05, 4.69) is 5.32 Å². The first kappa shape index (κ1) is 13.3. The fourth-order valence-corrected chi connectivity index (χ4v) is 1.16. The van der Waals surface area contributed by atoms with Crippen molar-refractivity contribution >= 4 is 5.91 Å². The second-order valence-electron chi connectivity index (χ2n) is 3.03. The Balaban J connectivity index is 3.97. The van der Waals surface area contributed by atoms with Crippen LogP contribution >= 0.6 is 0 Å². The first-order valence-electron chi connectivity index (χ1n) is 4.83. The topological polar surface area (TPSA) is 32.3 Å². The molecular weight excluding hydrogens is 190 g/mol. The Morgan fingerprint density at radius 2 is 1.86 bits per heavy atom. The zero-order valence-electron chi connectivity index (χ0n) is 8.89. The van der Waals surface area contributed by atoms with Crippen LogP contribution in [0.2, 0.25) is 0 Å². The Kier molecular flexibility index (Phi) is 6.36. The summed E-state index contributed by atoms with van der Waals surface area (Å²) in [4.78, 5) is 13.2. The molecule has 1 atom stereocenters. The van der Waals surface area contributed by atoms with E-state index < -0.39 is 19.0 Å². The molecule has 0 aromatic rings. The maximum atomic E-state index is 11.8. The SMILES string of the molecule is CCN(CC)C(=O)C(C)NCC(F)F. The zero-order valence-corrected chi connectivity index (χ0v) is 8.89. The van der Waals surface area contributed by atoms with Gasteiger partial charge in [0.15, 0.2) is 0 Å². The number of hydrogen-bond donors (Lipinski definition) is 1. The fraction of sp³-hybridized carbons (Fsp3) is 0.889. The third kappa shape index (κ3) is 4.50. The Hall–Kier alpha value is -0.710. The predicted molar refractivity (Wildman–Crippen MR) is 51.4 cm³/mol. The summed E-state index contributed by atoms with van der Waals surface area (Å²) in [5.41, 5.74) is 0. The Morgan fingerprint density at radius 1 is 1.36 bits per heavy atom. The number of halogens is 2. The lowest BCUT2D eigenvalue weighted by Crippen LogP contribution is -2.45. The van der Waals surface area contributed by atoms with Crippen LogP contribution in [0.3, 0.4) is 0 Å². The molecule has 0 rings (SSSR count). The van der Waals surface area contributed by atoms with Gasteiger partial charge in [-0.2, -0.15) is 0 Å². The summed E-state index contributed by atoms with van der Waals surface area (Å²) < 4.78 is 23.7. The number of likely N-dealkylation sites (N-methyl/N-ethyl adjacent to an activating group) is 1. The highest BCUT2D eigenvalue weighted by Gasteiger charge is 2.18. The van der Waals surface area contributed by atoms with Gasteiger partial charge < -0.3 is 10.2 Å². The predicted octanol–water partition coefficient (Wildman–Crippen LogP) is 1.10. The number of nitrogens with zero attached hydrogens (tertiary/aromatic N) is 1. The summed E-state index contributed by atoms with van der Waals surface area (Å²) >= 11 is 0. The molecule has 0 aliphatic carbocycles. The summed E-state index contributed by atoms with van der Waals surface area (Å²) in [7, 11) is 0. The van der Waals surface area contributed by atoms with Crippen LogP contribution in [0.15, 0.2) is 0 Å². The van der Waals surface area contributed by atoms with Crippen LogP contribution in [0, 0.1) is 0 Å². The monoisotopic (exact) mass is 208 g/mol. The molecule has 0 aromatic carbocycles. The van der Waals surface area contributed by atoms with Gasteiger partial charge in [0.25, 0.3) is 6.43 Å². The summed E-state index contributed by atoms with van der Waals surface area (Å²) in [6.45, 7) is 6.10. The fourth-order valence-electron chi connectivity index (χ4n) is 1.16. The lowest BCUT2D eigenvalue weighted by atomic mass is 10.3. The lowest BCUT2D eigenvalue weighted by Gasteiger charge is -2.23. The number of nitrogens with one attached hydrogen (secondary N) is 1. The molecule has 0 aromatic heterocycles. The van der Waals surface area contributed by atoms with Gasteiger partial charge in [-0.1, -0.05) is 0 Å². The Bertz CT molecular complexity index is 172. The van der Waals surface area contributed by atoms with Crippen LogP contribution < -0.4 is 5.32 Å². The zero-order chi connectivity index (χ0) is 11.1. The van der Waals surface area contributed by atoms with Gasteiger partial charge in [0.1, 0.15) is 0 Å². The molecule has 5 heteroatoms. The largest absolute Gasteiger partial charge is 0.342 e. The third-order valence-electron chi connectivity index (χ3n) is 2.02. The van der Waals surface area contributed by atoms with E-state index >= 15 is 0 Å². The van der Waals surface area contributed by atoms with E-state index in [4.69, 9.17) is 0 Å². The molecule has 0 bridgehead atoms. The van der Waals surface area contributed by atoms with Crippen molar-refractivity contribution in [3.8, 4) is 0 Å². The molecule has 0 saturated heterocycles. The van der Waals surface area contributed by atoms with E-state index in [1.807, 2.05) is 13.8 Å². The van der Waals surface area contributed by atoms with E-state index in [1.165, 1.54) is 0 Å². The molecule has 0 spiro atoms. The molecule has 0 saturated carbocycles. The van der Waals surface area contributed by atoms with Crippen molar-refractivity contribution in [2.45, 2.75) is 33.2 Å². The van der Waals surface area contributed by atoms with Crippen molar-refractivity contribution in [3.05, 3.63) is 0 Å². The molecule has 0 radical (unpaired) electrons. The van der Waals surface area contributed by atoms with Gasteiger partial charge in [0.05, 0.1) is 12.6 Å². The van der Waals surface area contributed by atoms with Crippen molar-refractivity contribution in [2.75, 3.05) is 19.6 Å². The number of carbonyl (C=O) groups is 1. The van der Waals surface area contributed by atoms with Crippen molar-refractivity contribution < 1.29 is 13.6 Å². The highest BCUT2D eigenvalue weighted by atomic mass is 19.3. The van der Waals surface area contributed by atoms with Crippen molar-refractivity contribution in [3.63, 3.8) is 0 Å². The van der Waals surface area contributed by atoms with Crippen LogP contribution in [0.25, 0.3) is 0 Å². The summed E-state index contributed by atoms with van der Waals surface area (Å²) in [5, 5.41) is 2.49. The van der Waals surface area contributed by atoms with Gasteiger partial charge in [0, 0.05) is 13.1 Å². The molecule has 1 unspecified atom stereocenters. The molecule has 84 valence electrons. The second kappa shape index (κ2) is 6.70. The molecule has 0 aliphatic rings. The lowest BCUT2D eigenvalue weighted by molar-refractivity contribution is -0.132. The Labute approximate surface area is 83.5 Å². The van der Waals surface area contributed by atoms with E-state index in [9.17, 15) is 13.6 Å². The van der Waals surface area contributed by atoms with E-state index in [0.29, 0.717) is 13.1 Å². The van der Waals surface area contributed by atoms with E-state index in [0.717, 1.165) is 0 Å². The van der Waals surface area contributed by atoms with Gasteiger partial charge >= 0.3 is 0 Å². The number of rotatable bonds is 6. The molecule has 0 aliphatic heterocycles. The van der Waals surface area contributed by atoms with Gasteiger partial charge in [0.2, 0.25) is 5.91 Å². The normalized spacial score (nSPS) is 13.0. The smallest absolute Gasteiger partial charge is 0.250 e. The van der Waals surface area contributed by atoms with Crippen LogP contribution in [0.5, 0.6) is 0 Å². The minimum atomic E-state index is -2.41. The average Bonchev–Trinajstić information content (AvgIpc) is 2.15. The molecule has 1 N–H and O–H groups in total. The van der Waals surface area contributed by atoms with E-state index in [-0.39, 0.29) is 5.91 Å². The summed E-state index contributed by atoms with van der Waals surface area (Å²) in [6.07, 6.45) is -2.41. The highest BCUT2D eigenvalue weighted by Crippen LogP contribution is 1.96. The van der Waals surface area contributed by atoms with Gasteiger partial charge in [-0.25, -0.2) is 8.78 Å². The summed E-state index contributed by atoms with van der Waals surface area (Å²) in [5.74, 6) is -0.129. The maximum Gasteiger partial charge on any atom is 0.250 e. The highest BCUT2D eigenvalue weighted by molar-refractivity contribution is 5.81. The second-order valence-corrected chi connectivity index (χ2v) is 3.03. The molecule has 0 fully saturated rings. The standard InChI is InChI=1S/C9H18F2N2O/c1-4-13(5-2)9(14)7(3)12-6-8(10)11/h7-8,12H,4-6H2,1-3H3. The number of hydrogen-bond acceptors (Lipinski definition) is 2. The Morgan fingerprint density at radius 3 is 2.21 bits per heavy atom. The van der Waals surface area contributed by atoms with Crippen LogP contribution in [-0.4, -0.2) is 42.9 Å². The van der Waals surface area contributed by atoms with Crippen LogP contribution in [-0.2, 0) is 4.79 Å². The van der Waals surface area contributed by atoms with Gasteiger partial charge in [-0.05, 0) is 20.8 Å². The molecule has 14 heavy (non-hydrogen) atoms. The number of carbonyl (C=O) groups excluding carboxylic acids is 1. The van der Waals surface area contributed by atoms with Crippen LogP contribution in [0.1, 0.15) is 20.8 Å². The summed E-state index contributed by atoms with van der Waals surface area (Å²) in [6, 6.07) is -0.538. The average molecular weight is 208 g/mol. The van der Waals surface area contributed by atoms with E-state index in [1.54, 1.807) is 11.8 Å². The molecule has 3 nitrogen and oxygen atoms in total. The molecule has 1 amide bonds. The number of amides is 1. The molecular formula is C9H18F2N2O. The first-order valence-corrected chi connectivity index (χ1v) is 4.83. The number of alkyl halides is 2. The van der Waals surface area contributed by atoms with Gasteiger partial charge in [-0.15, -0.1) is 0 Å². The quantitative estimate of drug-likeness (QED) is 0.709. The van der Waals surface area contributed by atoms with Crippen molar-refractivity contribution in [1.29, 1.82) is 0 Å². The minimum absolute atomic E-state index is 0.129. The third-order valence-corrected chi connectivity index (χ3v) is 2.02. The van der Waals surface area contributed by atoms with Crippen molar-refractivity contribution in [2.24, 2.45) is 0 Å². The minimum Gasteiger partial charge on any atom is -0.342 e. The first-order chi connectivity index (χ1) is 6.52. The van der Waals surface area contributed by atoms with Gasteiger partial charge in [-0.3, -0.25) is 4.79 Å². The molecule has 0 heterocycles. The maximum absolute atomic E-state index is 11.8. The van der Waals surface area contributed by atoms with Crippen LogP contribution in [0.4, 0.5) is 8.78 Å².